The van der Waals surface area contributed by atoms with Crippen LogP contribution in [0.2, 0.25) is 10.0 Å². The number of aromatic nitrogens is 2. The van der Waals surface area contributed by atoms with E-state index in [-0.39, 0.29) is 17.2 Å². The first-order valence-corrected chi connectivity index (χ1v) is 14.6. The van der Waals surface area contributed by atoms with Gasteiger partial charge in [0.05, 0.1) is 12.5 Å². The third-order valence-corrected chi connectivity index (χ3v) is 8.26. The second-order valence-electron chi connectivity index (χ2n) is 10.5. The molecule has 1 N–H and O–H groups in total. The van der Waals surface area contributed by atoms with Crippen molar-refractivity contribution in [3.8, 4) is 11.4 Å². The smallest absolute Gasteiger partial charge is 0.241 e. The normalized spacial score (nSPS) is 16.6. The number of hydrogen-bond acceptors (Lipinski definition) is 6. The second kappa shape index (κ2) is 12.7. The molecule has 2 heterocycles. The number of nitrogens with one attached hydrogen (secondary N) is 1. The first-order chi connectivity index (χ1) is 17.7. The van der Waals surface area contributed by atoms with Gasteiger partial charge in [-0.15, -0.1) is 0 Å². The topological polar surface area (TPSA) is 71.3 Å². The molecule has 1 saturated heterocycles. The number of rotatable bonds is 9. The molecule has 1 aliphatic heterocycles. The van der Waals surface area contributed by atoms with E-state index >= 15 is 0 Å². The predicted molar refractivity (Wildman–Crippen MR) is 152 cm³/mol. The maximum absolute atomic E-state index is 12.8. The van der Waals surface area contributed by atoms with Crippen molar-refractivity contribution in [3.63, 3.8) is 0 Å². The van der Waals surface area contributed by atoms with Crippen LogP contribution < -0.4 is 5.32 Å². The van der Waals surface area contributed by atoms with Crippen LogP contribution in [0.25, 0.3) is 11.4 Å². The van der Waals surface area contributed by atoms with Crippen molar-refractivity contribution in [1.29, 1.82) is 0 Å². The van der Waals surface area contributed by atoms with Gasteiger partial charge in [0, 0.05) is 40.2 Å². The molecule has 1 aromatic heterocycles. The average molecular weight is 562 g/mol. The fourth-order valence-corrected chi connectivity index (χ4v) is 5.99. The van der Waals surface area contributed by atoms with Crippen molar-refractivity contribution < 1.29 is 9.32 Å². The standard InChI is InChI=1S/C28H34Cl2N4O2S/c1-28(2,3)21-11-9-19(10-12-21)26-32-25(36-33-26)17-34-14-5-6-20(16-34)27(35)31-13-15-37-18-22-23(29)7-4-8-24(22)30/h4,7-12,20H,5-6,13-18H2,1-3H3,(H,31,35). The molecule has 1 atom stereocenters. The maximum Gasteiger partial charge on any atom is 0.241 e. The van der Waals surface area contributed by atoms with Crippen LogP contribution >= 0.6 is 35.0 Å². The van der Waals surface area contributed by atoms with Gasteiger partial charge >= 0.3 is 0 Å². The molecule has 0 radical (unpaired) electrons. The van der Waals surface area contributed by atoms with E-state index in [1.807, 2.05) is 30.3 Å². The Morgan fingerprint density at radius 1 is 1.16 bits per heavy atom. The largest absolute Gasteiger partial charge is 0.355 e. The zero-order chi connectivity index (χ0) is 26.4. The number of thioether (sulfide) groups is 1. The van der Waals surface area contributed by atoms with Gasteiger partial charge in [0.15, 0.2) is 0 Å². The third kappa shape index (κ3) is 7.73. The highest BCUT2D eigenvalue weighted by atomic mass is 35.5. The molecule has 0 spiro atoms. The lowest BCUT2D eigenvalue weighted by Crippen LogP contribution is -2.43. The SMILES string of the molecule is CC(C)(C)c1ccc(-c2noc(CN3CCCC(C(=O)NCCSCc4c(Cl)cccc4Cl)C3)n2)cc1. The molecule has 1 unspecified atom stereocenters. The van der Waals surface area contributed by atoms with Crippen molar-refractivity contribution in [2.75, 3.05) is 25.4 Å². The van der Waals surface area contributed by atoms with Crippen LogP contribution in [0.15, 0.2) is 47.0 Å². The van der Waals surface area contributed by atoms with Gasteiger partial charge in [0.2, 0.25) is 17.6 Å². The zero-order valence-electron chi connectivity index (χ0n) is 21.6. The van der Waals surface area contributed by atoms with Crippen LogP contribution in [0.5, 0.6) is 0 Å². The summed E-state index contributed by atoms with van der Waals surface area (Å²) in [6.07, 6.45) is 1.85. The summed E-state index contributed by atoms with van der Waals surface area (Å²) in [6.45, 7) is 9.34. The molecule has 1 fully saturated rings. The molecule has 37 heavy (non-hydrogen) atoms. The summed E-state index contributed by atoms with van der Waals surface area (Å²) >= 11 is 14.2. The van der Waals surface area contributed by atoms with Crippen molar-refractivity contribution >= 4 is 40.9 Å². The minimum absolute atomic E-state index is 0.0379. The number of halogens is 2. The highest BCUT2D eigenvalue weighted by Crippen LogP contribution is 2.28. The molecule has 1 amide bonds. The molecular formula is C28H34Cl2N4O2S. The van der Waals surface area contributed by atoms with E-state index in [2.05, 4.69) is 53.3 Å². The summed E-state index contributed by atoms with van der Waals surface area (Å²) in [5.74, 6) is 2.75. The molecule has 1 aliphatic rings. The lowest BCUT2D eigenvalue weighted by atomic mass is 9.87. The Balaban J connectivity index is 1.22. The number of carbonyl (C=O) groups is 1. The van der Waals surface area contributed by atoms with Gasteiger partial charge in [-0.3, -0.25) is 9.69 Å². The Kier molecular flexibility index (Phi) is 9.57. The highest BCUT2D eigenvalue weighted by molar-refractivity contribution is 7.98. The predicted octanol–water partition coefficient (Wildman–Crippen LogP) is 6.60. The lowest BCUT2D eigenvalue weighted by molar-refractivity contribution is -0.126. The van der Waals surface area contributed by atoms with E-state index in [4.69, 9.17) is 27.7 Å². The molecule has 2 aromatic carbocycles. The van der Waals surface area contributed by atoms with Crippen molar-refractivity contribution in [3.05, 3.63) is 69.5 Å². The Hall–Kier alpha value is -2.06. The van der Waals surface area contributed by atoms with Gasteiger partial charge < -0.3 is 9.84 Å². The number of piperidine rings is 1. The quantitative estimate of drug-likeness (QED) is 0.297. The summed E-state index contributed by atoms with van der Waals surface area (Å²) in [5.41, 5.74) is 3.24. The number of amides is 1. The average Bonchev–Trinajstić information content (AvgIpc) is 3.33. The van der Waals surface area contributed by atoms with Gasteiger partial charge in [-0.05, 0) is 48.1 Å². The van der Waals surface area contributed by atoms with Crippen LogP contribution in [0, 0.1) is 5.92 Å². The van der Waals surface area contributed by atoms with Crippen molar-refractivity contribution in [2.24, 2.45) is 5.92 Å². The first kappa shape index (κ1) is 28.0. The van der Waals surface area contributed by atoms with E-state index < -0.39 is 0 Å². The monoisotopic (exact) mass is 560 g/mol. The molecule has 4 rings (SSSR count). The number of benzene rings is 2. The Bertz CT molecular complexity index is 1170. The zero-order valence-corrected chi connectivity index (χ0v) is 23.9. The molecule has 0 aliphatic carbocycles. The van der Waals surface area contributed by atoms with Gasteiger partial charge in [0.1, 0.15) is 0 Å². The van der Waals surface area contributed by atoms with Crippen molar-refractivity contribution in [1.82, 2.24) is 20.4 Å². The number of likely N-dealkylation sites (tertiary alicyclic amines) is 1. The summed E-state index contributed by atoms with van der Waals surface area (Å²) in [6, 6.07) is 13.8. The van der Waals surface area contributed by atoms with E-state index in [0.29, 0.717) is 41.4 Å². The van der Waals surface area contributed by atoms with Gasteiger partial charge in [0.25, 0.3) is 0 Å². The van der Waals surface area contributed by atoms with E-state index in [9.17, 15) is 4.79 Å². The summed E-state index contributed by atoms with van der Waals surface area (Å²) in [5, 5.41) is 8.62. The minimum Gasteiger partial charge on any atom is -0.355 e. The molecule has 0 bridgehead atoms. The summed E-state index contributed by atoms with van der Waals surface area (Å²) in [7, 11) is 0. The van der Waals surface area contributed by atoms with Gasteiger partial charge in [-0.1, -0.05) is 79.5 Å². The highest BCUT2D eigenvalue weighted by Gasteiger charge is 2.27. The molecule has 3 aromatic rings. The summed E-state index contributed by atoms with van der Waals surface area (Å²) < 4.78 is 5.54. The molecule has 198 valence electrons. The second-order valence-corrected chi connectivity index (χ2v) is 12.4. The van der Waals surface area contributed by atoms with E-state index in [1.54, 1.807) is 11.8 Å². The maximum atomic E-state index is 12.8. The fourth-order valence-electron chi connectivity index (χ4n) is 4.40. The van der Waals surface area contributed by atoms with Crippen LogP contribution in [0.1, 0.15) is 50.6 Å². The van der Waals surface area contributed by atoms with Crippen LogP contribution in [-0.4, -0.2) is 46.3 Å². The molecule has 9 heteroatoms. The molecule has 6 nitrogen and oxygen atoms in total. The third-order valence-electron chi connectivity index (χ3n) is 6.57. The van der Waals surface area contributed by atoms with E-state index in [1.165, 1.54) is 5.56 Å². The van der Waals surface area contributed by atoms with Crippen molar-refractivity contribution in [2.45, 2.75) is 51.3 Å². The molecule has 0 saturated carbocycles. The Morgan fingerprint density at radius 3 is 2.59 bits per heavy atom. The van der Waals surface area contributed by atoms with Gasteiger partial charge in [-0.25, -0.2) is 0 Å². The van der Waals surface area contributed by atoms with E-state index in [0.717, 1.165) is 42.0 Å². The number of carbonyl (C=O) groups excluding carboxylic acids is 1. The Labute approximate surface area is 233 Å². The minimum atomic E-state index is -0.0379. The first-order valence-electron chi connectivity index (χ1n) is 12.6. The lowest BCUT2D eigenvalue weighted by Gasteiger charge is -2.30. The number of nitrogens with zero attached hydrogens (tertiary/aromatic N) is 3. The van der Waals surface area contributed by atoms with Crippen LogP contribution in [0.3, 0.4) is 0 Å². The van der Waals surface area contributed by atoms with Gasteiger partial charge in [-0.2, -0.15) is 16.7 Å². The fraction of sp³-hybridized carbons (Fsp3) is 0.464. The number of hydrogen-bond donors (Lipinski definition) is 1. The van der Waals surface area contributed by atoms with Crippen LogP contribution in [0.4, 0.5) is 0 Å². The van der Waals surface area contributed by atoms with Crippen LogP contribution in [-0.2, 0) is 22.5 Å². The molecular weight excluding hydrogens is 527 g/mol. The Morgan fingerprint density at radius 2 is 1.89 bits per heavy atom. The summed E-state index contributed by atoms with van der Waals surface area (Å²) in [4.78, 5) is 19.6.